The highest BCUT2D eigenvalue weighted by Gasteiger charge is 2.16. The molecule has 1 heterocycles. The number of likely N-dealkylation sites (N-methyl/N-ethyl adjacent to an activating group) is 1. The van der Waals surface area contributed by atoms with Crippen LogP contribution in [0.1, 0.15) is 27.7 Å². The van der Waals surface area contributed by atoms with Crippen LogP contribution < -0.4 is 5.73 Å². The summed E-state index contributed by atoms with van der Waals surface area (Å²) in [5.41, 5.74) is 5.58. The first-order chi connectivity index (χ1) is 9.96. The van der Waals surface area contributed by atoms with Crippen molar-refractivity contribution in [1.82, 2.24) is 19.6 Å². The van der Waals surface area contributed by atoms with Crippen molar-refractivity contribution in [3.05, 3.63) is 12.3 Å². The fraction of sp³-hybridized carbons (Fsp3) is 0.733. The maximum atomic E-state index is 12.5. The summed E-state index contributed by atoms with van der Waals surface area (Å²) in [7, 11) is 0. The van der Waals surface area contributed by atoms with Gasteiger partial charge in [-0.25, -0.2) is 0 Å². The second-order valence-electron chi connectivity index (χ2n) is 5.70. The Balaban J connectivity index is 2.60. The van der Waals surface area contributed by atoms with Gasteiger partial charge in [-0.15, -0.1) is 0 Å². The smallest absolute Gasteiger partial charge is 0.244 e. The predicted molar refractivity (Wildman–Crippen MR) is 85.8 cm³/mol. The summed E-state index contributed by atoms with van der Waals surface area (Å²) in [6.07, 6.45) is 1.74. The van der Waals surface area contributed by atoms with Gasteiger partial charge in [0.1, 0.15) is 12.4 Å². The molecule has 0 spiro atoms. The molecule has 0 saturated heterocycles. The molecule has 2 N–H and O–H groups in total. The molecule has 0 aliphatic rings. The quantitative estimate of drug-likeness (QED) is 0.745. The van der Waals surface area contributed by atoms with Crippen LogP contribution in [-0.4, -0.2) is 58.2 Å². The van der Waals surface area contributed by atoms with E-state index in [1.165, 1.54) is 0 Å². The molecule has 0 aliphatic heterocycles. The van der Waals surface area contributed by atoms with Crippen molar-refractivity contribution in [3.8, 4) is 0 Å². The molecule has 0 unspecified atom stereocenters. The minimum atomic E-state index is 0.0963. The summed E-state index contributed by atoms with van der Waals surface area (Å²) in [5.74, 6) is 0.994. The van der Waals surface area contributed by atoms with Gasteiger partial charge in [0.05, 0.1) is 0 Å². The number of carbonyl (C=O) groups excluding carboxylic acids is 1. The summed E-state index contributed by atoms with van der Waals surface area (Å²) >= 11 is 0. The SMILES string of the molecule is CCN(CC)CCN(CC(C)C)C(=O)Cn1ccc(N)n1. The van der Waals surface area contributed by atoms with E-state index in [2.05, 4.69) is 37.7 Å². The average molecular weight is 295 g/mol. The zero-order valence-electron chi connectivity index (χ0n) is 13.7. The number of aromatic nitrogens is 2. The van der Waals surface area contributed by atoms with Crippen LogP contribution in [-0.2, 0) is 11.3 Å². The first-order valence-corrected chi connectivity index (χ1v) is 7.75. The molecule has 6 nitrogen and oxygen atoms in total. The number of hydrogen-bond donors (Lipinski definition) is 1. The molecule has 0 bridgehead atoms. The molecular formula is C15H29N5O. The number of rotatable bonds is 9. The van der Waals surface area contributed by atoms with E-state index in [1.807, 2.05) is 4.90 Å². The standard InChI is InChI=1S/C15H29N5O/c1-5-18(6-2)9-10-19(11-13(3)4)15(21)12-20-8-7-14(16)17-20/h7-8,13H,5-6,9-12H2,1-4H3,(H2,16,17). The lowest BCUT2D eigenvalue weighted by atomic mass is 10.2. The van der Waals surface area contributed by atoms with Crippen molar-refractivity contribution >= 4 is 11.7 Å². The van der Waals surface area contributed by atoms with Crippen LogP contribution >= 0.6 is 0 Å². The lowest BCUT2D eigenvalue weighted by Gasteiger charge is -2.28. The molecule has 1 amide bonds. The molecule has 0 fully saturated rings. The minimum Gasteiger partial charge on any atom is -0.382 e. The Morgan fingerprint density at radius 2 is 2.00 bits per heavy atom. The van der Waals surface area contributed by atoms with E-state index in [9.17, 15) is 4.79 Å². The number of nitrogens with two attached hydrogens (primary N) is 1. The van der Waals surface area contributed by atoms with E-state index >= 15 is 0 Å². The number of nitrogens with zero attached hydrogens (tertiary/aromatic N) is 4. The van der Waals surface area contributed by atoms with Crippen molar-refractivity contribution in [3.63, 3.8) is 0 Å². The van der Waals surface area contributed by atoms with E-state index < -0.39 is 0 Å². The first-order valence-electron chi connectivity index (χ1n) is 7.75. The van der Waals surface area contributed by atoms with Gasteiger partial charge in [-0.05, 0) is 25.1 Å². The summed E-state index contributed by atoms with van der Waals surface area (Å²) in [6, 6.07) is 1.70. The van der Waals surface area contributed by atoms with Crippen LogP contribution in [0.3, 0.4) is 0 Å². The third-order valence-corrected chi connectivity index (χ3v) is 3.48. The van der Waals surface area contributed by atoms with Crippen LogP contribution in [0.15, 0.2) is 12.3 Å². The van der Waals surface area contributed by atoms with Crippen LogP contribution in [0, 0.1) is 5.92 Å². The number of nitrogen functional groups attached to an aromatic ring is 1. The minimum absolute atomic E-state index is 0.0963. The van der Waals surface area contributed by atoms with Crippen LogP contribution in [0.4, 0.5) is 5.82 Å². The normalized spacial score (nSPS) is 11.3. The van der Waals surface area contributed by atoms with Gasteiger partial charge in [-0.2, -0.15) is 5.10 Å². The van der Waals surface area contributed by atoms with Crippen LogP contribution in [0.25, 0.3) is 0 Å². The van der Waals surface area contributed by atoms with Gasteiger partial charge in [-0.1, -0.05) is 27.7 Å². The second-order valence-corrected chi connectivity index (χ2v) is 5.70. The Hall–Kier alpha value is -1.56. The molecule has 6 heteroatoms. The summed E-state index contributed by atoms with van der Waals surface area (Å²) < 4.78 is 1.60. The molecule has 21 heavy (non-hydrogen) atoms. The Morgan fingerprint density at radius 3 is 2.48 bits per heavy atom. The Bertz CT molecular complexity index is 425. The van der Waals surface area contributed by atoms with Gasteiger partial charge < -0.3 is 15.5 Å². The fourth-order valence-electron chi connectivity index (χ4n) is 2.26. The topological polar surface area (TPSA) is 67.4 Å². The highest BCUT2D eigenvalue weighted by Crippen LogP contribution is 2.03. The van der Waals surface area contributed by atoms with E-state index in [4.69, 9.17) is 5.73 Å². The van der Waals surface area contributed by atoms with Gasteiger partial charge in [-0.3, -0.25) is 9.48 Å². The van der Waals surface area contributed by atoms with Crippen molar-refractivity contribution in [2.24, 2.45) is 5.92 Å². The van der Waals surface area contributed by atoms with Gasteiger partial charge in [0.2, 0.25) is 5.91 Å². The molecule has 0 atom stereocenters. The third-order valence-electron chi connectivity index (χ3n) is 3.48. The molecule has 1 rings (SSSR count). The van der Waals surface area contributed by atoms with Gasteiger partial charge in [0.15, 0.2) is 0 Å². The number of carbonyl (C=O) groups is 1. The number of anilines is 1. The summed E-state index contributed by atoms with van der Waals surface area (Å²) in [4.78, 5) is 16.7. The molecule has 0 aliphatic carbocycles. The zero-order chi connectivity index (χ0) is 15.8. The molecular weight excluding hydrogens is 266 g/mol. The van der Waals surface area contributed by atoms with Crippen molar-refractivity contribution in [2.75, 3.05) is 38.5 Å². The van der Waals surface area contributed by atoms with Crippen molar-refractivity contribution in [2.45, 2.75) is 34.2 Å². The highest BCUT2D eigenvalue weighted by molar-refractivity contribution is 5.76. The largest absolute Gasteiger partial charge is 0.382 e. The molecule has 120 valence electrons. The summed E-state index contributed by atoms with van der Waals surface area (Å²) in [6.45, 7) is 13.3. The summed E-state index contributed by atoms with van der Waals surface area (Å²) in [5, 5.41) is 4.08. The lowest BCUT2D eigenvalue weighted by molar-refractivity contribution is -0.132. The maximum Gasteiger partial charge on any atom is 0.244 e. The van der Waals surface area contributed by atoms with Crippen LogP contribution in [0.5, 0.6) is 0 Å². The maximum absolute atomic E-state index is 12.5. The number of amides is 1. The molecule has 1 aromatic rings. The molecule has 0 radical (unpaired) electrons. The van der Waals surface area contributed by atoms with Crippen LogP contribution in [0.2, 0.25) is 0 Å². The predicted octanol–water partition coefficient (Wildman–Crippen LogP) is 1.29. The van der Waals surface area contributed by atoms with E-state index in [1.54, 1.807) is 16.9 Å². The first kappa shape index (κ1) is 17.5. The van der Waals surface area contributed by atoms with E-state index in [-0.39, 0.29) is 12.5 Å². The zero-order valence-corrected chi connectivity index (χ0v) is 13.7. The third kappa shape index (κ3) is 6.16. The van der Waals surface area contributed by atoms with Gasteiger partial charge in [0, 0.05) is 25.8 Å². The molecule has 0 saturated carbocycles. The van der Waals surface area contributed by atoms with Gasteiger partial charge in [0.25, 0.3) is 0 Å². The second kappa shape index (κ2) is 8.67. The lowest BCUT2D eigenvalue weighted by Crippen LogP contribution is -2.42. The molecule has 0 aromatic carbocycles. The number of hydrogen-bond acceptors (Lipinski definition) is 4. The average Bonchev–Trinajstić information content (AvgIpc) is 2.83. The van der Waals surface area contributed by atoms with Gasteiger partial charge >= 0.3 is 0 Å². The fourth-order valence-corrected chi connectivity index (χ4v) is 2.26. The van der Waals surface area contributed by atoms with Crippen molar-refractivity contribution in [1.29, 1.82) is 0 Å². The van der Waals surface area contributed by atoms with E-state index in [0.29, 0.717) is 11.7 Å². The van der Waals surface area contributed by atoms with Crippen molar-refractivity contribution < 1.29 is 4.79 Å². The Labute approximate surface area is 127 Å². The molecule has 1 aromatic heterocycles. The Kier molecular flexibility index (Phi) is 7.22. The highest BCUT2D eigenvalue weighted by atomic mass is 16.2. The monoisotopic (exact) mass is 295 g/mol. The Morgan fingerprint density at radius 1 is 1.33 bits per heavy atom. The van der Waals surface area contributed by atoms with E-state index in [0.717, 1.165) is 32.7 Å².